The van der Waals surface area contributed by atoms with Gasteiger partial charge in [-0.3, -0.25) is 4.79 Å². The Labute approximate surface area is 125 Å². The van der Waals surface area contributed by atoms with Gasteiger partial charge in [0.05, 0.1) is 11.6 Å². The number of amides is 1. The summed E-state index contributed by atoms with van der Waals surface area (Å²) in [5.41, 5.74) is 1.17. The largest absolute Gasteiger partial charge is 0.326 e. The summed E-state index contributed by atoms with van der Waals surface area (Å²) in [5, 5.41) is 20.4. The summed E-state index contributed by atoms with van der Waals surface area (Å²) < 4.78 is 0.877. The van der Waals surface area contributed by atoms with Crippen LogP contribution in [-0.2, 0) is 4.79 Å². The second-order valence-electron chi connectivity index (χ2n) is 3.93. The number of aryl methyl sites for hydroxylation is 1. The second-order valence-corrected chi connectivity index (χ2v) is 6.45. The van der Waals surface area contributed by atoms with Crippen molar-refractivity contribution in [1.82, 2.24) is 10.2 Å². The first-order valence-corrected chi connectivity index (χ1v) is 7.70. The summed E-state index contributed by atoms with van der Waals surface area (Å²) in [6.07, 6.45) is 0.389. The normalized spacial score (nSPS) is 10.0. The molecule has 0 saturated carbocycles. The monoisotopic (exact) mass is 304 g/mol. The Balaban J connectivity index is 1.79. The molecule has 1 amide bonds. The standard InChI is InChI=1S/C13H12N4OS2/c1-9-16-17-13(20-9)19-6-5-12(18)15-11-4-2-3-10(7-11)8-14/h2-4,7H,5-6H2,1H3,(H,15,18). The summed E-state index contributed by atoms with van der Waals surface area (Å²) in [5.74, 6) is 0.576. The number of thioether (sulfide) groups is 1. The van der Waals surface area contributed by atoms with Crippen LogP contribution in [0.3, 0.4) is 0 Å². The molecule has 2 rings (SSSR count). The van der Waals surface area contributed by atoms with Gasteiger partial charge in [0.2, 0.25) is 5.91 Å². The molecule has 102 valence electrons. The fourth-order valence-electron chi connectivity index (χ4n) is 1.46. The van der Waals surface area contributed by atoms with Crippen LogP contribution in [0.5, 0.6) is 0 Å². The van der Waals surface area contributed by atoms with Gasteiger partial charge in [-0.15, -0.1) is 10.2 Å². The fraction of sp³-hybridized carbons (Fsp3) is 0.231. The number of carbonyl (C=O) groups is 1. The molecule has 0 fully saturated rings. The topological polar surface area (TPSA) is 78.7 Å². The maximum atomic E-state index is 11.8. The van der Waals surface area contributed by atoms with Gasteiger partial charge in [-0.05, 0) is 25.1 Å². The molecule has 5 nitrogen and oxygen atoms in total. The molecule has 1 N–H and O–H groups in total. The highest BCUT2D eigenvalue weighted by molar-refractivity contribution is 8.01. The highest BCUT2D eigenvalue weighted by Crippen LogP contribution is 2.22. The Bertz CT molecular complexity index is 648. The molecule has 0 aliphatic heterocycles. The van der Waals surface area contributed by atoms with Crippen LogP contribution in [0.4, 0.5) is 5.69 Å². The zero-order valence-corrected chi connectivity index (χ0v) is 12.4. The van der Waals surface area contributed by atoms with E-state index in [4.69, 9.17) is 5.26 Å². The smallest absolute Gasteiger partial charge is 0.225 e. The van der Waals surface area contributed by atoms with Gasteiger partial charge in [-0.1, -0.05) is 29.2 Å². The molecular formula is C13H12N4OS2. The lowest BCUT2D eigenvalue weighted by Gasteiger charge is -2.04. The van der Waals surface area contributed by atoms with Crippen LogP contribution in [0.1, 0.15) is 17.0 Å². The van der Waals surface area contributed by atoms with Crippen molar-refractivity contribution < 1.29 is 4.79 Å². The van der Waals surface area contributed by atoms with Crippen LogP contribution < -0.4 is 5.32 Å². The highest BCUT2D eigenvalue weighted by atomic mass is 32.2. The third-order valence-electron chi connectivity index (χ3n) is 2.34. The number of hydrogen-bond acceptors (Lipinski definition) is 6. The zero-order chi connectivity index (χ0) is 14.4. The van der Waals surface area contributed by atoms with E-state index in [1.54, 1.807) is 24.3 Å². The molecule has 7 heteroatoms. The number of nitrogens with one attached hydrogen (secondary N) is 1. The molecule has 1 heterocycles. The molecule has 0 atom stereocenters. The average molecular weight is 304 g/mol. The molecule has 0 unspecified atom stereocenters. The first kappa shape index (κ1) is 14.5. The van der Waals surface area contributed by atoms with Gasteiger partial charge in [0.15, 0.2) is 4.34 Å². The van der Waals surface area contributed by atoms with Gasteiger partial charge >= 0.3 is 0 Å². The van der Waals surface area contributed by atoms with E-state index in [9.17, 15) is 4.79 Å². The van der Waals surface area contributed by atoms with Gasteiger partial charge in [0.25, 0.3) is 0 Å². The van der Waals surface area contributed by atoms with E-state index in [2.05, 4.69) is 15.5 Å². The number of carbonyl (C=O) groups excluding carboxylic acids is 1. The molecule has 0 aliphatic carbocycles. The minimum Gasteiger partial charge on any atom is -0.326 e. The lowest BCUT2D eigenvalue weighted by molar-refractivity contribution is -0.115. The average Bonchev–Trinajstić information content (AvgIpc) is 2.84. The molecule has 0 bridgehead atoms. The zero-order valence-electron chi connectivity index (χ0n) is 10.8. The summed E-state index contributed by atoms with van der Waals surface area (Å²) in [6, 6.07) is 8.89. The van der Waals surface area contributed by atoms with E-state index in [1.807, 2.05) is 13.0 Å². The molecule has 0 spiro atoms. The van der Waals surface area contributed by atoms with Crippen LogP contribution in [0.25, 0.3) is 0 Å². The molecule has 1 aromatic carbocycles. The Morgan fingerprint density at radius 3 is 3.05 bits per heavy atom. The number of nitrogens with zero attached hydrogens (tertiary/aromatic N) is 3. The van der Waals surface area contributed by atoms with Gasteiger partial charge in [-0.25, -0.2) is 0 Å². The predicted octanol–water partition coefficient (Wildman–Crippen LogP) is 2.84. The van der Waals surface area contributed by atoms with Crippen molar-refractivity contribution in [2.75, 3.05) is 11.1 Å². The first-order chi connectivity index (χ1) is 9.67. The lowest BCUT2D eigenvalue weighted by Crippen LogP contribution is -2.12. The minimum absolute atomic E-state index is 0.0752. The Kier molecular flexibility index (Phi) is 5.09. The second kappa shape index (κ2) is 7.03. The van der Waals surface area contributed by atoms with Crippen molar-refractivity contribution in [2.45, 2.75) is 17.7 Å². The van der Waals surface area contributed by atoms with E-state index >= 15 is 0 Å². The third-order valence-corrected chi connectivity index (χ3v) is 4.31. The minimum atomic E-state index is -0.0752. The predicted molar refractivity (Wildman–Crippen MR) is 79.8 cm³/mol. The summed E-state index contributed by atoms with van der Waals surface area (Å²) >= 11 is 3.04. The molecule has 2 aromatic rings. The molecule has 0 aliphatic rings. The van der Waals surface area contributed by atoms with Crippen LogP contribution in [-0.4, -0.2) is 21.9 Å². The van der Waals surface area contributed by atoms with Crippen molar-refractivity contribution in [3.8, 4) is 6.07 Å². The quantitative estimate of drug-likeness (QED) is 0.859. The van der Waals surface area contributed by atoms with Crippen molar-refractivity contribution in [2.24, 2.45) is 0 Å². The molecule has 20 heavy (non-hydrogen) atoms. The van der Waals surface area contributed by atoms with Gasteiger partial charge in [0, 0.05) is 17.9 Å². The number of anilines is 1. The number of benzene rings is 1. The number of nitriles is 1. The summed E-state index contributed by atoms with van der Waals surface area (Å²) in [7, 11) is 0. The van der Waals surface area contributed by atoms with Crippen LogP contribution in [0.2, 0.25) is 0 Å². The Morgan fingerprint density at radius 1 is 1.50 bits per heavy atom. The van der Waals surface area contributed by atoms with Crippen molar-refractivity contribution >= 4 is 34.7 Å². The number of aromatic nitrogens is 2. The third kappa shape index (κ3) is 4.33. The maximum Gasteiger partial charge on any atom is 0.225 e. The van der Waals surface area contributed by atoms with Crippen molar-refractivity contribution in [3.63, 3.8) is 0 Å². The van der Waals surface area contributed by atoms with Crippen LogP contribution >= 0.6 is 23.1 Å². The SMILES string of the molecule is Cc1nnc(SCCC(=O)Nc2cccc(C#N)c2)s1. The van der Waals surface area contributed by atoms with Crippen molar-refractivity contribution in [1.29, 1.82) is 5.26 Å². The molecule has 0 saturated heterocycles. The Morgan fingerprint density at radius 2 is 2.35 bits per heavy atom. The number of hydrogen-bond donors (Lipinski definition) is 1. The fourth-order valence-corrected chi connectivity index (χ4v) is 3.28. The molecular weight excluding hydrogens is 292 g/mol. The van der Waals surface area contributed by atoms with E-state index in [0.717, 1.165) is 9.35 Å². The summed E-state index contributed by atoms with van der Waals surface area (Å²) in [4.78, 5) is 11.8. The van der Waals surface area contributed by atoms with Crippen molar-refractivity contribution in [3.05, 3.63) is 34.8 Å². The van der Waals surface area contributed by atoms with E-state index in [1.165, 1.54) is 23.1 Å². The van der Waals surface area contributed by atoms with Crippen LogP contribution in [0, 0.1) is 18.3 Å². The summed E-state index contributed by atoms with van der Waals surface area (Å²) in [6.45, 7) is 1.90. The van der Waals surface area contributed by atoms with Gasteiger partial charge in [-0.2, -0.15) is 5.26 Å². The maximum absolute atomic E-state index is 11.8. The van der Waals surface area contributed by atoms with E-state index in [-0.39, 0.29) is 5.91 Å². The lowest BCUT2D eigenvalue weighted by atomic mass is 10.2. The van der Waals surface area contributed by atoms with Gasteiger partial charge < -0.3 is 5.32 Å². The molecule has 0 radical (unpaired) electrons. The highest BCUT2D eigenvalue weighted by Gasteiger charge is 2.06. The van der Waals surface area contributed by atoms with E-state index in [0.29, 0.717) is 23.4 Å². The molecule has 1 aromatic heterocycles. The van der Waals surface area contributed by atoms with Crippen LogP contribution in [0.15, 0.2) is 28.6 Å². The van der Waals surface area contributed by atoms with E-state index < -0.39 is 0 Å². The Hall–Kier alpha value is -1.91. The number of rotatable bonds is 5. The first-order valence-electron chi connectivity index (χ1n) is 5.90. The van der Waals surface area contributed by atoms with Gasteiger partial charge in [0.1, 0.15) is 5.01 Å².